The van der Waals surface area contributed by atoms with Gasteiger partial charge in [-0.25, -0.2) is 9.37 Å². The lowest BCUT2D eigenvalue weighted by Crippen LogP contribution is -2.20. The SMILES string of the molecule is CN(C)CCNc1cc(F)cc(-c2cccc3[nH]c(-c4n[nH]c5ncc(-c6cccc(N(C)C)c6)cc45)cc23)c1. The van der Waals surface area contributed by atoms with Crippen LogP contribution in [0.4, 0.5) is 15.8 Å². The van der Waals surface area contributed by atoms with Crippen LogP contribution in [0.25, 0.3) is 55.6 Å². The zero-order valence-electron chi connectivity index (χ0n) is 23.1. The Balaban J connectivity index is 1.39. The Kier molecular flexibility index (Phi) is 6.69. The van der Waals surface area contributed by atoms with Crippen LogP contribution in [0.2, 0.25) is 0 Å². The summed E-state index contributed by atoms with van der Waals surface area (Å²) in [5.41, 5.74) is 9.11. The third-order valence-corrected chi connectivity index (χ3v) is 7.13. The average Bonchev–Trinajstić information content (AvgIpc) is 3.56. The second-order valence-electron chi connectivity index (χ2n) is 10.5. The zero-order chi connectivity index (χ0) is 27.8. The predicted molar refractivity (Wildman–Crippen MR) is 163 cm³/mol. The molecule has 0 amide bonds. The second-order valence-corrected chi connectivity index (χ2v) is 10.5. The number of aromatic amines is 2. The first-order valence-corrected chi connectivity index (χ1v) is 13.3. The maximum Gasteiger partial charge on any atom is 0.155 e. The third kappa shape index (κ3) is 5.01. The van der Waals surface area contributed by atoms with Crippen LogP contribution < -0.4 is 10.2 Å². The average molecular weight is 534 g/mol. The first-order valence-electron chi connectivity index (χ1n) is 13.3. The third-order valence-electron chi connectivity index (χ3n) is 7.13. The van der Waals surface area contributed by atoms with Gasteiger partial charge in [0.2, 0.25) is 0 Å². The molecule has 3 aromatic carbocycles. The molecule has 202 valence electrons. The molecular weight excluding hydrogens is 501 g/mol. The molecule has 6 rings (SSSR count). The van der Waals surface area contributed by atoms with Crippen LogP contribution in [0.15, 0.2) is 79.0 Å². The zero-order valence-corrected chi connectivity index (χ0v) is 23.1. The molecule has 0 spiro atoms. The number of pyridine rings is 1. The Morgan fingerprint density at radius 2 is 1.70 bits per heavy atom. The van der Waals surface area contributed by atoms with Crippen LogP contribution in [-0.4, -0.2) is 66.3 Å². The molecule has 0 atom stereocenters. The van der Waals surface area contributed by atoms with E-state index in [0.29, 0.717) is 0 Å². The molecule has 7 nitrogen and oxygen atoms in total. The van der Waals surface area contributed by atoms with E-state index in [9.17, 15) is 4.39 Å². The number of hydrogen-bond donors (Lipinski definition) is 3. The van der Waals surface area contributed by atoms with Crippen molar-refractivity contribution < 1.29 is 4.39 Å². The van der Waals surface area contributed by atoms with Gasteiger partial charge in [0.15, 0.2) is 5.65 Å². The molecule has 0 saturated carbocycles. The van der Waals surface area contributed by atoms with E-state index in [1.54, 1.807) is 6.07 Å². The molecule has 0 saturated heterocycles. The number of H-pyrrole nitrogens is 2. The fourth-order valence-corrected chi connectivity index (χ4v) is 5.04. The van der Waals surface area contributed by atoms with Crippen molar-refractivity contribution in [2.75, 3.05) is 51.5 Å². The fourth-order valence-electron chi connectivity index (χ4n) is 5.04. The predicted octanol–water partition coefficient (Wildman–Crippen LogP) is 6.62. The van der Waals surface area contributed by atoms with E-state index in [-0.39, 0.29) is 5.82 Å². The molecular formula is C32H32FN7. The van der Waals surface area contributed by atoms with E-state index in [1.807, 2.05) is 58.7 Å². The van der Waals surface area contributed by atoms with Gasteiger partial charge in [-0.3, -0.25) is 5.10 Å². The fraction of sp³-hybridized carbons (Fsp3) is 0.188. The van der Waals surface area contributed by atoms with E-state index in [4.69, 9.17) is 0 Å². The van der Waals surface area contributed by atoms with Gasteiger partial charge in [0, 0.05) is 66.6 Å². The molecule has 0 unspecified atom stereocenters. The molecule has 3 aromatic heterocycles. The molecule has 0 aliphatic carbocycles. The van der Waals surface area contributed by atoms with Gasteiger partial charge in [-0.1, -0.05) is 24.3 Å². The summed E-state index contributed by atoms with van der Waals surface area (Å²) >= 11 is 0. The van der Waals surface area contributed by atoms with E-state index in [0.717, 1.165) is 80.0 Å². The standard InChI is InChI=1S/C32H32FN7/c1-39(2)12-11-34-24-14-21(13-23(33)17-24)26-9-6-10-29-27(26)18-30(36-29)31-28-16-22(19-35-32(28)38-37-31)20-7-5-8-25(15-20)40(3)4/h5-10,13-19,34,36H,11-12H2,1-4H3,(H,35,37,38). The number of fused-ring (bicyclic) bond motifs is 2. The molecule has 6 aromatic rings. The minimum Gasteiger partial charge on any atom is -0.384 e. The number of anilines is 2. The molecule has 0 fully saturated rings. The van der Waals surface area contributed by atoms with E-state index >= 15 is 0 Å². The maximum atomic E-state index is 14.7. The smallest absolute Gasteiger partial charge is 0.155 e. The Morgan fingerprint density at radius 3 is 2.52 bits per heavy atom. The Bertz CT molecular complexity index is 1820. The highest BCUT2D eigenvalue weighted by molar-refractivity contribution is 6.01. The molecule has 3 heterocycles. The molecule has 0 radical (unpaired) electrons. The number of hydrogen-bond acceptors (Lipinski definition) is 5. The number of rotatable bonds is 8. The van der Waals surface area contributed by atoms with Gasteiger partial charge in [0.05, 0.1) is 5.69 Å². The van der Waals surface area contributed by atoms with Gasteiger partial charge in [-0.2, -0.15) is 5.10 Å². The van der Waals surface area contributed by atoms with Gasteiger partial charge in [0.1, 0.15) is 11.5 Å². The number of aromatic nitrogens is 4. The van der Waals surface area contributed by atoms with Crippen LogP contribution >= 0.6 is 0 Å². The Labute approximate surface area is 232 Å². The Hall–Kier alpha value is -4.69. The minimum absolute atomic E-state index is 0.271. The summed E-state index contributed by atoms with van der Waals surface area (Å²) in [4.78, 5) is 12.4. The largest absolute Gasteiger partial charge is 0.384 e. The van der Waals surface area contributed by atoms with Gasteiger partial charge >= 0.3 is 0 Å². The summed E-state index contributed by atoms with van der Waals surface area (Å²) in [5, 5.41) is 13.0. The van der Waals surface area contributed by atoms with Crippen molar-refractivity contribution in [1.29, 1.82) is 0 Å². The minimum atomic E-state index is -0.271. The van der Waals surface area contributed by atoms with Crippen LogP contribution in [0.5, 0.6) is 0 Å². The molecule has 0 aliphatic rings. The lowest BCUT2D eigenvalue weighted by atomic mass is 10.0. The second kappa shape index (κ2) is 10.5. The number of halogens is 1. The summed E-state index contributed by atoms with van der Waals surface area (Å²) < 4.78 is 14.7. The summed E-state index contributed by atoms with van der Waals surface area (Å²) in [6.07, 6.45) is 1.87. The highest BCUT2D eigenvalue weighted by atomic mass is 19.1. The molecule has 3 N–H and O–H groups in total. The van der Waals surface area contributed by atoms with Crippen molar-refractivity contribution in [3.05, 3.63) is 84.8 Å². The first kappa shape index (κ1) is 25.6. The summed E-state index contributed by atoms with van der Waals surface area (Å²) in [5.74, 6) is -0.271. The molecule has 40 heavy (non-hydrogen) atoms. The van der Waals surface area contributed by atoms with Crippen molar-refractivity contribution in [2.45, 2.75) is 0 Å². The van der Waals surface area contributed by atoms with Crippen LogP contribution in [0, 0.1) is 5.82 Å². The van der Waals surface area contributed by atoms with E-state index in [1.165, 1.54) is 6.07 Å². The maximum absolute atomic E-state index is 14.7. The summed E-state index contributed by atoms with van der Waals surface area (Å²) in [6.45, 7) is 1.59. The molecule has 8 heteroatoms. The van der Waals surface area contributed by atoms with Crippen molar-refractivity contribution in [2.24, 2.45) is 0 Å². The van der Waals surface area contributed by atoms with Gasteiger partial charge < -0.3 is 20.1 Å². The number of nitrogens with one attached hydrogen (secondary N) is 3. The lowest BCUT2D eigenvalue weighted by Gasteiger charge is -2.13. The van der Waals surface area contributed by atoms with Crippen LogP contribution in [-0.2, 0) is 0 Å². The summed E-state index contributed by atoms with van der Waals surface area (Å²) in [7, 11) is 8.10. The normalized spacial score (nSPS) is 11.6. The Morgan fingerprint density at radius 1 is 0.850 bits per heavy atom. The molecule has 0 bridgehead atoms. The van der Waals surface area contributed by atoms with Crippen molar-refractivity contribution >= 4 is 33.3 Å². The monoisotopic (exact) mass is 533 g/mol. The highest BCUT2D eigenvalue weighted by Crippen LogP contribution is 2.36. The highest BCUT2D eigenvalue weighted by Gasteiger charge is 2.16. The van der Waals surface area contributed by atoms with Gasteiger partial charge in [0.25, 0.3) is 0 Å². The lowest BCUT2D eigenvalue weighted by molar-refractivity contribution is 0.425. The van der Waals surface area contributed by atoms with E-state index < -0.39 is 0 Å². The number of benzene rings is 3. The van der Waals surface area contributed by atoms with Crippen molar-refractivity contribution in [1.82, 2.24) is 25.1 Å². The van der Waals surface area contributed by atoms with Crippen molar-refractivity contribution in [3.63, 3.8) is 0 Å². The topological polar surface area (TPSA) is 75.9 Å². The van der Waals surface area contributed by atoms with Crippen molar-refractivity contribution in [3.8, 4) is 33.6 Å². The van der Waals surface area contributed by atoms with Gasteiger partial charge in [-0.05, 0) is 79.3 Å². The van der Waals surface area contributed by atoms with Crippen LogP contribution in [0.1, 0.15) is 0 Å². The molecule has 0 aliphatic heterocycles. The first-order chi connectivity index (χ1) is 19.4. The number of nitrogens with zero attached hydrogens (tertiary/aromatic N) is 4. The van der Waals surface area contributed by atoms with E-state index in [2.05, 4.69) is 71.7 Å². The van der Waals surface area contributed by atoms with Gasteiger partial charge in [-0.15, -0.1) is 0 Å². The summed E-state index contributed by atoms with van der Waals surface area (Å²) in [6, 6.07) is 23.8. The number of likely N-dealkylation sites (N-methyl/N-ethyl adjacent to an activating group) is 1. The van der Waals surface area contributed by atoms with Crippen LogP contribution in [0.3, 0.4) is 0 Å². The quantitative estimate of drug-likeness (QED) is 0.205.